The monoisotopic (exact) mass is 401 g/mol. The van der Waals surface area contributed by atoms with Crippen LogP contribution in [-0.4, -0.2) is 19.1 Å². The second kappa shape index (κ2) is 7.55. The van der Waals surface area contributed by atoms with Gasteiger partial charge in [-0.2, -0.15) is 5.26 Å². The van der Waals surface area contributed by atoms with Crippen molar-refractivity contribution in [1.82, 2.24) is 4.98 Å². The summed E-state index contributed by atoms with van der Waals surface area (Å²) in [5.41, 5.74) is 3.59. The highest BCUT2D eigenvalue weighted by Crippen LogP contribution is 2.38. The van der Waals surface area contributed by atoms with Crippen LogP contribution in [0.5, 0.6) is 0 Å². The minimum absolute atomic E-state index is 0.480. The lowest BCUT2D eigenvalue weighted by molar-refractivity contribution is 1.06. The van der Waals surface area contributed by atoms with Crippen molar-refractivity contribution in [1.29, 1.82) is 5.26 Å². The molecule has 0 N–H and O–H groups in total. The van der Waals surface area contributed by atoms with Crippen molar-refractivity contribution in [2.24, 2.45) is 0 Å². The third-order valence-electron chi connectivity index (χ3n) is 3.89. The SMILES string of the molecule is CN(C)c1nc(-c2ccc(Cl)cc2Cl)c(-c2ccc(Cl)cc2)cc1C#N. The molecule has 3 nitrogen and oxygen atoms in total. The van der Waals surface area contributed by atoms with E-state index >= 15 is 0 Å². The van der Waals surface area contributed by atoms with Gasteiger partial charge >= 0.3 is 0 Å². The molecule has 0 radical (unpaired) electrons. The Kier molecular flexibility index (Phi) is 5.38. The van der Waals surface area contributed by atoms with E-state index in [4.69, 9.17) is 39.8 Å². The van der Waals surface area contributed by atoms with Gasteiger partial charge in [0.1, 0.15) is 11.9 Å². The summed E-state index contributed by atoms with van der Waals surface area (Å²) in [7, 11) is 3.69. The molecular formula is C20H14Cl3N3. The van der Waals surface area contributed by atoms with Gasteiger partial charge in [0, 0.05) is 35.3 Å². The summed E-state index contributed by atoms with van der Waals surface area (Å²) < 4.78 is 0. The van der Waals surface area contributed by atoms with Crippen LogP contribution >= 0.6 is 34.8 Å². The molecule has 0 aliphatic rings. The van der Waals surface area contributed by atoms with Gasteiger partial charge in [-0.15, -0.1) is 0 Å². The molecule has 0 unspecified atom stereocenters. The van der Waals surface area contributed by atoms with Crippen LogP contribution in [-0.2, 0) is 0 Å². The van der Waals surface area contributed by atoms with Crippen molar-refractivity contribution in [2.75, 3.05) is 19.0 Å². The van der Waals surface area contributed by atoms with Gasteiger partial charge in [-0.3, -0.25) is 0 Å². The van der Waals surface area contributed by atoms with Crippen molar-refractivity contribution < 1.29 is 0 Å². The van der Waals surface area contributed by atoms with Gasteiger partial charge in [0.2, 0.25) is 0 Å². The highest BCUT2D eigenvalue weighted by atomic mass is 35.5. The number of pyridine rings is 1. The summed E-state index contributed by atoms with van der Waals surface area (Å²) >= 11 is 18.5. The van der Waals surface area contributed by atoms with E-state index in [-0.39, 0.29) is 0 Å². The van der Waals surface area contributed by atoms with Gasteiger partial charge in [0.25, 0.3) is 0 Å². The molecule has 3 rings (SSSR count). The predicted molar refractivity (Wildman–Crippen MR) is 109 cm³/mol. The van der Waals surface area contributed by atoms with E-state index in [9.17, 15) is 5.26 Å². The third-order valence-corrected chi connectivity index (χ3v) is 4.69. The standard InChI is InChI=1S/C20H14Cl3N3/c1-26(2)20-13(11-24)9-17(12-3-5-14(21)6-4-12)19(25-20)16-8-7-15(22)10-18(16)23/h3-10H,1-2H3. The molecule has 0 amide bonds. The first-order valence-electron chi connectivity index (χ1n) is 7.74. The topological polar surface area (TPSA) is 39.9 Å². The van der Waals surface area contributed by atoms with Crippen LogP contribution in [0.2, 0.25) is 15.1 Å². The zero-order chi connectivity index (χ0) is 18.8. The van der Waals surface area contributed by atoms with Crippen molar-refractivity contribution in [3.05, 3.63) is 69.2 Å². The Balaban J connectivity index is 2.34. The molecule has 0 saturated heterocycles. The number of hydrogen-bond acceptors (Lipinski definition) is 3. The molecule has 26 heavy (non-hydrogen) atoms. The maximum atomic E-state index is 9.55. The Morgan fingerprint density at radius 3 is 2.12 bits per heavy atom. The summed E-state index contributed by atoms with van der Waals surface area (Å²) in [6.45, 7) is 0. The van der Waals surface area contributed by atoms with Crippen LogP contribution in [0.1, 0.15) is 5.56 Å². The Labute approximate surface area is 167 Å². The minimum atomic E-state index is 0.480. The predicted octanol–water partition coefficient (Wildman–Crippen LogP) is 6.31. The van der Waals surface area contributed by atoms with Gasteiger partial charge in [0.05, 0.1) is 16.3 Å². The summed E-state index contributed by atoms with van der Waals surface area (Å²) in [6.07, 6.45) is 0. The number of benzene rings is 2. The lowest BCUT2D eigenvalue weighted by atomic mass is 9.97. The first kappa shape index (κ1) is 18.5. The fraction of sp³-hybridized carbons (Fsp3) is 0.100. The number of nitriles is 1. The number of nitrogens with zero attached hydrogens (tertiary/aromatic N) is 3. The van der Waals surface area contributed by atoms with E-state index in [1.165, 1.54) is 0 Å². The molecule has 0 atom stereocenters. The van der Waals surface area contributed by atoms with E-state index in [0.29, 0.717) is 32.1 Å². The quantitative estimate of drug-likeness (QED) is 0.515. The second-order valence-electron chi connectivity index (χ2n) is 5.89. The van der Waals surface area contributed by atoms with E-state index < -0.39 is 0 Å². The van der Waals surface area contributed by atoms with Gasteiger partial charge in [-0.25, -0.2) is 4.98 Å². The molecule has 2 aromatic carbocycles. The Bertz CT molecular complexity index is 1010. The van der Waals surface area contributed by atoms with Crippen molar-refractivity contribution in [3.8, 4) is 28.5 Å². The minimum Gasteiger partial charge on any atom is -0.362 e. The Morgan fingerprint density at radius 2 is 1.54 bits per heavy atom. The van der Waals surface area contributed by atoms with Crippen molar-refractivity contribution in [3.63, 3.8) is 0 Å². The normalized spacial score (nSPS) is 10.5. The van der Waals surface area contributed by atoms with Crippen LogP contribution < -0.4 is 4.90 Å². The van der Waals surface area contributed by atoms with Crippen LogP contribution in [0.3, 0.4) is 0 Å². The first-order chi connectivity index (χ1) is 12.4. The van der Waals surface area contributed by atoms with Crippen LogP contribution in [0.4, 0.5) is 5.82 Å². The van der Waals surface area contributed by atoms with Crippen LogP contribution in [0, 0.1) is 11.3 Å². The maximum absolute atomic E-state index is 9.55. The van der Waals surface area contributed by atoms with Crippen LogP contribution in [0.15, 0.2) is 48.5 Å². The molecule has 1 aromatic heterocycles. The summed E-state index contributed by atoms with van der Waals surface area (Å²) in [5.74, 6) is 0.575. The summed E-state index contributed by atoms with van der Waals surface area (Å²) in [5, 5.41) is 11.2. The van der Waals surface area contributed by atoms with Crippen molar-refractivity contribution in [2.45, 2.75) is 0 Å². The highest BCUT2D eigenvalue weighted by Gasteiger charge is 2.18. The van der Waals surface area contributed by atoms with Crippen molar-refractivity contribution >= 4 is 40.6 Å². The molecule has 6 heteroatoms. The van der Waals surface area contributed by atoms with E-state index in [1.54, 1.807) is 29.2 Å². The second-order valence-corrected chi connectivity index (χ2v) is 7.17. The molecule has 0 aliphatic heterocycles. The lowest BCUT2D eigenvalue weighted by Gasteiger charge is -2.18. The molecule has 1 heterocycles. The number of anilines is 1. The van der Waals surface area contributed by atoms with Gasteiger partial charge in [-0.1, -0.05) is 46.9 Å². The van der Waals surface area contributed by atoms with E-state index in [0.717, 1.165) is 16.7 Å². The van der Waals surface area contributed by atoms with Gasteiger partial charge < -0.3 is 4.90 Å². The van der Waals surface area contributed by atoms with Crippen LogP contribution in [0.25, 0.3) is 22.4 Å². The zero-order valence-corrected chi connectivity index (χ0v) is 16.4. The molecule has 0 fully saturated rings. The smallest absolute Gasteiger partial charge is 0.146 e. The molecule has 3 aromatic rings. The number of halogens is 3. The largest absolute Gasteiger partial charge is 0.362 e. The fourth-order valence-corrected chi connectivity index (χ4v) is 3.29. The molecular weight excluding hydrogens is 389 g/mol. The van der Waals surface area contributed by atoms with Gasteiger partial charge in [0.15, 0.2) is 0 Å². The Hall–Kier alpha value is -2.25. The van der Waals surface area contributed by atoms with Gasteiger partial charge in [-0.05, 0) is 42.0 Å². The third kappa shape index (κ3) is 3.64. The molecule has 130 valence electrons. The summed E-state index contributed by atoms with van der Waals surface area (Å²) in [6, 6.07) is 16.7. The first-order valence-corrected chi connectivity index (χ1v) is 8.88. The lowest BCUT2D eigenvalue weighted by Crippen LogP contribution is -2.13. The fourth-order valence-electron chi connectivity index (χ4n) is 2.66. The van der Waals surface area contributed by atoms with E-state index in [1.807, 2.05) is 38.4 Å². The zero-order valence-electron chi connectivity index (χ0n) is 14.1. The maximum Gasteiger partial charge on any atom is 0.146 e. The summed E-state index contributed by atoms with van der Waals surface area (Å²) in [4.78, 5) is 6.55. The molecule has 0 saturated carbocycles. The number of aromatic nitrogens is 1. The number of hydrogen-bond donors (Lipinski definition) is 0. The molecule has 0 aliphatic carbocycles. The Morgan fingerprint density at radius 1 is 0.885 bits per heavy atom. The molecule has 0 bridgehead atoms. The molecule has 0 spiro atoms. The average Bonchev–Trinajstić information content (AvgIpc) is 2.61. The van der Waals surface area contributed by atoms with E-state index in [2.05, 4.69) is 6.07 Å². The number of rotatable bonds is 3. The highest BCUT2D eigenvalue weighted by molar-refractivity contribution is 6.36. The average molecular weight is 403 g/mol.